The molecule has 0 rings (SSSR count). The molecule has 0 aliphatic carbocycles. The SMILES string of the molecule is CC(C)(C)COC(=O)CC(C(=O)OCC(C)(C)C)S(=O)(=O)O.[KH]. The van der Waals surface area contributed by atoms with Crippen molar-refractivity contribution >= 4 is 73.4 Å². The van der Waals surface area contributed by atoms with Crippen LogP contribution in [0.25, 0.3) is 0 Å². The monoisotopic (exact) mass is 378 g/mol. The van der Waals surface area contributed by atoms with Gasteiger partial charge in [-0.25, -0.2) is 0 Å². The van der Waals surface area contributed by atoms with Crippen molar-refractivity contribution in [1.29, 1.82) is 0 Å². The van der Waals surface area contributed by atoms with E-state index < -0.39 is 33.7 Å². The number of carbonyl (C=O) groups excluding carboxylic acids is 2. The Kier molecular flexibility index (Phi) is 11.0. The molecule has 0 aromatic heterocycles. The maximum atomic E-state index is 11.8. The van der Waals surface area contributed by atoms with Gasteiger partial charge in [0.2, 0.25) is 0 Å². The quantitative estimate of drug-likeness (QED) is 0.420. The van der Waals surface area contributed by atoms with E-state index in [9.17, 15) is 18.0 Å². The Morgan fingerprint density at radius 2 is 1.35 bits per heavy atom. The van der Waals surface area contributed by atoms with Gasteiger partial charge in [-0.15, -0.1) is 0 Å². The topological polar surface area (TPSA) is 107 Å². The molecule has 0 amide bonds. The first-order valence-corrected chi connectivity index (χ1v) is 8.41. The van der Waals surface area contributed by atoms with E-state index in [4.69, 9.17) is 14.0 Å². The molecule has 0 spiro atoms. The average Bonchev–Trinajstić information content (AvgIpc) is 2.27. The van der Waals surface area contributed by atoms with Crippen molar-refractivity contribution in [3.05, 3.63) is 0 Å². The maximum absolute atomic E-state index is 11.8. The van der Waals surface area contributed by atoms with Gasteiger partial charge in [0.25, 0.3) is 10.1 Å². The number of carbonyl (C=O) groups is 2. The summed E-state index contributed by atoms with van der Waals surface area (Å²) >= 11 is 0. The van der Waals surface area contributed by atoms with Crippen molar-refractivity contribution in [1.82, 2.24) is 0 Å². The van der Waals surface area contributed by atoms with E-state index in [1.165, 1.54) is 0 Å². The second kappa shape index (κ2) is 9.84. The van der Waals surface area contributed by atoms with Crippen LogP contribution in [0.15, 0.2) is 0 Å². The van der Waals surface area contributed by atoms with Gasteiger partial charge in [0.1, 0.15) is 0 Å². The molecule has 0 aliphatic rings. The molecule has 0 aliphatic heterocycles. The van der Waals surface area contributed by atoms with Crippen LogP contribution < -0.4 is 0 Å². The molecule has 0 bridgehead atoms. The van der Waals surface area contributed by atoms with Crippen molar-refractivity contribution in [2.24, 2.45) is 10.8 Å². The number of hydrogen-bond acceptors (Lipinski definition) is 6. The molecule has 0 saturated heterocycles. The molecule has 132 valence electrons. The molecule has 0 saturated carbocycles. The fourth-order valence-corrected chi connectivity index (χ4v) is 1.86. The second-order valence-corrected chi connectivity index (χ2v) is 9.20. The Hall–Kier alpha value is 0.486. The van der Waals surface area contributed by atoms with E-state index in [0.29, 0.717) is 0 Å². The van der Waals surface area contributed by atoms with Crippen LogP contribution >= 0.6 is 0 Å². The van der Waals surface area contributed by atoms with E-state index >= 15 is 0 Å². The zero-order valence-electron chi connectivity index (χ0n) is 14.0. The van der Waals surface area contributed by atoms with Crippen molar-refractivity contribution in [3.63, 3.8) is 0 Å². The molecular weight excluding hydrogens is 351 g/mol. The molecule has 1 N–H and O–H groups in total. The molecule has 1 atom stereocenters. The zero-order chi connectivity index (χ0) is 17.8. The number of ether oxygens (including phenoxy) is 2. The van der Waals surface area contributed by atoms with Gasteiger partial charge in [-0.3, -0.25) is 14.1 Å². The first-order valence-electron chi connectivity index (χ1n) is 6.90. The summed E-state index contributed by atoms with van der Waals surface area (Å²) in [5.41, 5.74) is -0.665. The standard InChI is InChI=1S/C14H26O7S.K.H/c1-13(2,3)8-20-11(15)7-10(22(17,18)19)12(16)21-9-14(4,5)6;;/h10H,7-9H2,1-6H3,(H,17,18,19);;. The predicted octanol–water partition coefficient (Wildman–Crippen LogP) is 1.16. The normalized spacial score (nSPS) is 13.7. The van der Waals surface area contributed by atoms with E-state index in [2.05, 4.69) is 0 Å². The fraction of sp³-hybridized carbons (Fsp3) is 0.857. The molecule has 0 radical (unpaired) electrons. The zero-order valence-corrected chi connectivity index (χ0v) is 14.8. The van der Waals surface area contributed by atoms with Crippen LogP contribution in [0.4, 0.5) is 0 Å². The Balaban J connectivity index is 0. The van der Waals surface area contributed by atoms with Crippen LogP contribution in [0.2, 0.25) is 0 Å². The van der Waals surface area contributed by atoms with Crippen LogP contribution in [0.3, 0.4) is 0 Å². The molecule has 0 fully saturated rings. The van der Waals surface area contributed by atoms with Gasteiger partial charge >= 0.3 is 63.3 Å². The molecule has 1 unspecified atom stereocenters. The summed E-state index contributed by atoms with van der Waals surface area (Å²) in [6.45, 7) is 10.9. The third kappa shape index (κ3) is 13.5. The van der Waals surface area contributed by atoms with Crippen LogP contribution in [0, 0.1) is 10.8 Å². The summed E-state index contributed by atoms with van der Waals surface area (Å²) in [7, 11) is -4.76. The van der Waals surface area contributed by atoms with E-state index in [1.54, 1.807) is 20.8 Å². The third-order valence-corrected chi connectivity index (χ3v) is 3.37. The van der Waals surface area contributed by atoms with E-state index in [1.807, 2.05) is 20.8 Å². The van der Waals surface area contributed by atoms with Crippen LogP contribution in [0.5, 0.6) is 0 Å². The summed E-state index contributed by atoms with van der Waals surface area (Å²) in [5, 5.41) is -1.97. The average molecular weight is 379 g/mol. The molecule has 23 heavy (non-hydrogen) atoms. The summed E-state index contributed by atoms with van der Waals surface area (Å²) in [6.07, 6.45) is -0.780. The summed E-state index contributed by atoms with van der Waals surface area (Å²) in [4.78, 5) is 23.5. The van der Waals surface area contributed by atoms with Crippen LogP contribution in [0.1, 0.15) is 48.0 Å². The Bertz CT molecular complexity index is 500. The molecule has 9 heteroatoms. The van der Waals surface area contributed by atoms with E-state index in [-0.39, 0.29) is 75.4 Å². The van der Waals surface area contributed by atoms with Gasteiger partial charge < -0.3 is 9.47 Å². The fourth-order valence-electron chi connectivity index (χ4n) is 1.20. The Morgan fingerprint density at radius 3 is 1.70 bits per heavy atom. The minimum atomic E-state index is -4.76. The van der Waals surface area contributed by atoms with Gasteiger partial charge in [0.05, 0.1) is 19.6 Å². The molecule has 0 heterocycles. The van der Waals surface area contributed by atoms with Crippen molar-refractivity contribution < 1.29 is 32.0 Å². The predicted molar refractivity (Wildman–Crippen MR) is 87.9 cm³/mol. The summed E-state index contributed by atoms with van der Waals surface area (Å²) in [6, 6.07) is 0. The van der Waals surface area contributed by atoms with Gasteiger partial charge in [0.15, 0.2) is 5.25 Å². The van der Waals surface area contributed by atoms with Crippen molar-refractivity contribution in [3.8, 4) is 0 Å². The van der Waals surface area contributed by atoms with E-state index in [0.717, 1.165) is 0 Å². The first-order chi connectivity index (χ1) is 9.62. The van der Waals surface area contributed by atoms with Gasteiger partial charge in [-0.05, 0) is 10.8 Å². The summed E-state index contributed by atoms with van der Waals surface area (Å²) < 4.78 is 41.4. The van der Waals surface area contributed by atoms with Crippen molar-refractivity contribution in [2.45, 2.75) is 53.2 Å². The molecular formula is C14H27KO7S. The molecule has 0 aromatic rings. The number of rotatable bonds is 6. The molecule has 0 aromatic carbocycles. The van der Waals surface area contributed by atoms with Gasteiger partial charge in [0, 0.05) is 0 Å². The second-order valence-electron chi connectivity index (χ2n) is 7.60. The number of esters is 2. The third-order valence-electron chi connectivity index (χ3n) is 2.29. The molecule has 7 nitrogen and oxygen atoms in total. The van der Waals surface area contributed by atoms with Gasteiger partial charge in [-0.2, -0.15) is 8.42 Å². The van der Waals surface area contributed by atoms with Crippen LogP contribution in [-0.4, -0.2) is 94.8 Å². The minimum absolute atomic E-state index is 0. The van der Waals surface area contributed by atoms with Gasteiger partial charge in [-0.1, -0.05) is 41.5 Å². The first kappa shape index (κ1) is 25.7. The Morgan fingerprint density at radius 1 is 0.957 bits per heavy atom. The number of hydrogen-bond donors (Lipinski definition) is 1. The summed E-state index contributed by atoms with van der Waals surface area (Å²) in [5.74, 6) is -2.05. The Labute approximate surface area is 181 Å². The van der Waals surface area contributed by atoms with Crippen molar-refractivity contribution in [2.75, 3.05) is 13.2 Å². The van der Waals surface area contributed by atoms with Crippen LogP contribution in [-0.2, 0) is 29.2 Å².